The molecule has 1 N–H and O–H groups in total. The average Bonchev–Trinajstić information content (AvgIpc) is 2.53. The van der Waals surface area contributed by atoms with Crippen LogP contribution in [0.1, 0.15) is 11.1 Å². The normalized spacial score (nSPS) is 8.95. The van der Waals surface area contributed by atoms with Crippen LogP contribution in [0.5, 0.6) is 0 Å². The fourth-order valence-corrected chi connectivity index (χ4v) is 1.68. The molecule has 2 aromatic carbocycles. The van der Waals surface area contributed by atoms with Gasteiger partial charge in [0.05, 0.1) is 0 Å². The van der Waals surface area contributed by atoms with Crippen molar-refractivity contribution in [3.05, 3.63) is 71.8 Å². The maximum atomic E-state index is 9.49. The largest absolute Gasteiger partial charge is 0.480 e. The molecule has 0 heterocycles. The summed E-state index contributed by atoms with van der Waals surface area (Å²) in [6.07, 6.45) is 3.35. The summed E-state index contributed by atoms with van der Waals surface area (Å²) >= 11 is 0. The number of hydrogen-bond acceptors (Lipinski definition) is 3. The minimum atomic E-state index is -1.12. The molecular formula is C17H17NO3. The number of carboxylic acid groups (broad SMARTS) is 1. The number of carboxylic acids is 1. The van der Waals surface area contributed by atoms with Crippen LogP contribution in [0.4, 0.5) is 0 Å². The van der Waals surface area contributed by atoms with E-state index in [0.717, 1.165) is 18.9 Å². The summed E-state index contributed by atoms with van der Waals surface area (Å²) in [6.45, 7) is -0.483. The molecule has 0 saturated carbocycles. The second-order valence-corrected chi connectivity index (χ2v) is 4.27. The molecule has 0 aromatic heterocycles. The Labute approximate surface area is 123 Å². The number of aryl methyl sites for hydroxylation is 2. The van der Waals surface area contributed by atoms with Crippen LogP contribution in [0.15, 0.2) is 65.7 Å². The minimum absolute atomic E-state index is 0.483. The first-order chi connectivity index (χ1) is 10.2. The zero-order chi connectivity index (χ0) is 15.3. The SMILES string of the molecule is O=C=NCC(=O)O.c1ccc(CCc2ccccc2)cc1. The van der Waals surface area contributed by atoms with Gasteiger partial charge >= 0.3 is 5.97 Å². The Morgan fingerprint density at radius 2 is 1.33 bits per heavy atom. The van der Waals surface area contributed by atoms with Crippen molar-refractivity contribution < 1.29 is 14.7 Å². The van der Waals surface area contributed by atoms with Gasteiger partial charge in [0.25, 0.3) is 0 Å². The highest BCUT2D eigenvalue weighted by Crippen LogP contribution is 2.06. The molecule has 0 aliphatic carbocycles. The van der Waals surface area contributed by atoms with Gasteiger partial charge in [0.15, 0.2) is 0 Å². The second kappa shape index (κ2) is 10.1. The lowest BCUT2D eigenvalue weighted by molar-refractivity contribution is -0.135. The lowest BCUT2D eigenvalue weighted by Gasteiger charge is -2.01. The third kappa shape index (κ3) is 8.14. The van der Waals surface area contributed by atoms with Gasteiger partial charge in [-0.05, 0) is 24.0 Å². The van der Waals surface area contributed by atoms with Gasteiger partial charge in [0.2, 0.25) is 6.08 Å². The van der Waals surface area contributed by atoms with Gasteiger partial charge in [-0.3, -0.25) is 4.79 Å². The molecule has 0 unspecified atom stereocenters. The van der Waals surface area contributed by atoms with E-state index < -0.39 is 12.5 Å². The lowest BCUT2D eigenvalue weighted by atomic mass is 10.0. The summed E-state index contributed by atoms with van der Waals surface area (Å²) in [6, 6.07) is 21.2. The molecule has 0 atom stereocenters. The number of carbonyl (C=O) groups is 1. The molecule has 0 fully saturated rings. The van der Waals surface area contributed by atoms with Gasteiger partial charge in [-0.1, -0.05) is 60.7 Å². The van der Waals surface area contributed by atoms with E-state index in [0.29, 0.717) is 0 Å². The first-order valence-corrected chi connectivity index (χ1v) is 6.55. The molecule has 0 aliphatic heterocycles. The van der Waals surface area contributed by atoms with E-state index in [1.54, 1.807) is 0 Å². The van der Waals surface area contributed by atoms with Crippen LogP contribution >= 0.6 is 0 Å². The molecule has 0 saturated heterocycles. The summed E-state index contributed by atoms with van der Waals surface area (Å²) in [5.74, 6) is -1.12. The molecule has 21 heavy (non-hydrogen) atoms. The van der Waals surface area contributed by atoms with Gasteiger partial charge in [-0.25, -0.2) is 4.79 Å². The smallest absolute Gasteiger partial charge is 0.326 e. The Hall–Kier alpha value is -2.71. The Bertz CT molecular complexity index is 536. The highest BCUT2D eigenvalue weighted by atomic mass is 16.4. The van der Waals surface area contributed by atoms with Crippen LogP contribution in [0.2, 0.25) is 0 Å². The maximum Gasteiger partial charge on any atom is 0.326 e. The molecule has 2 rings (SSSR count). The zero-order valence-corrected chi connectivity index (χ0v) is 11.6. The van der Waals surface area contributed by atoms with Crippen molar-refractivity contribution in [1.82, 2.24) is 0 Å². The second-order valence-electron chi connectivity index (χ2n) is 4.27. The summed E-state index contributed by atoms with van der Waals surface area (Å²) in [5, 5.41) is 7.77. The van der Waals surface area contributed by atoms with Gasteiger partial charge in [0.1, 0.15) is 6.54 Å². The fraction of sp³-hybridized carbons (Fsp3) is 0.176. The van der Waals surface area contributed by atoms with Gasteiger partial charge in [0, 0.05) is 0 Å². The molecule has 0 bridgehead atoms. The fourth-order valence-electron chi connectivity index (χ4n) is 1.68. The predicted molar refractivity (Wildman–Crippen MR) is 80.9 cm³/mol. The highest BCUT2D eigenvalue weighted by Gasteiger charge is 1.93. The Kier molecular flexibility index (Phi) is 7.88. The standard InChI is InChI=1S/C14H14.C3H3NO3/c1-3-7-13(8-4-1)11-12-14-9-5-2-6-10-14;5-2-4-1-3(6)7/h1-10H,11-12H2;1H2,(H,6,7). The number of isocyanates is 1. The van der Waals surface area contributed by atoms with Crippen LogP contribution in [0, 0.1) is 0 Å². The van der Waals surface area contributed by atoms with Crippen LogP contribution < -0.4 is 0 Å². The summed E-state index contributed by atoms with van der Waals surface area (Å²) < 4.78 is 0. The number of nitrogens with zero attached hydrogens (tertiary/aromatic N) is 1. The van der Waals surface area contributed by atoms with E-state index in [-0.39, 0.29) is 0 Å². The quantitative estimate of drug-likeness (QED) is 0.677. The average molecular weight is 283 g/mol. The van der Waals surface area contributed by atoms with Crippen molar-refractivity contribution in [2.45, 2.75) is 12.8 Å². The molecular weight excluding hydrogens is 266 g/mol. The molecule has 108 valence electrons. The Morgan fingerprint density at radius 3 is 1.62 bits per heavy atom. The van der Waals surface area contributed by atoms with Crippen LogP contribution in [0.3, 0.4) is 0 Å². The lowest BCUT2D eigenvalue weighted by Crippen LogP contribution is -1.97. The molecule has 2 aromatic rings. The van der Waals surface area contributed by atoms with Crippen molar-refractivity contribution in [3.8, 4) is 0 Å². The van der Waals surface area contributed by atoms with E-state index in [1.807, 2.05) is 0 Å². The van der Waals surface area contributed by atoms with Crippen molar-refractivity contribution in [2.24, 2.45) is 4.99 Å². The predicted octanol–water partition coefficient (Wildman–Crippen LogP) is 2.88. The molecule has 0 spiro atoms. The molecule has 4 nitrogen and oxygen atoms in total. The van der Waals surface area contributed by atoms with E-state index in [4.69, 9.17) is 9.90 Å². The molecule has 0 amide bonds. The molecule has 4 heteroatoms. The van der Waals surface area contributed by atoms with E-state index in [1.165, 1.54) is 11.1 Å². The third-order valence-corrected chi connectivity index (χ3v) is 2.67. The van der Waals surface area contributed by atoms with Crippen LogP contribution in [-0.4, -0.2) is 23.7 Å². The number of aliphatic imine (C=N–C) groups is 1. The van der Waals surface area contributed by atoms with Gasteiger partial charge in [-0.15, -0.1) is 0 Å². The van der Waals surface area contributed by atoms with E-state index >= 15 is 0 Å². The Morgan fingerprint density at radius 1 is 0.905 bits per heavy atom. The number of rotatable bonds is 5. The number of benzene rings is 2. The monoisotopic (exact) mass is 283 g/mol. The zero-order valence-electron chi connectivity index (χ0n) is 11.6. The number of hydrogen-bond donors (Lipinski definition) is 1. The van der Waals surface area contributed by atoms with Gasteiger partial charge < -0.3 is 5.11 Å². The van der Waals surface area contributed by atoms with Crippen molar-refractivity contribution in [1.29, 1.82) is 0 Å². The first-order valence-electron chi connectivity index (χ1n) is 6.55. The summed E-state index contributed by atoms with van der Waals surface area (Å²) in [4.78, 5) is 21.4. The van der Waals surface area contributed by atoms with E-state index in [2.05, 4.69) is 65.7 Å². The summed E-state index contributed by atoms with van der Waals surface area (Å²) in [7, 11) is 0. The van der Waals surface area contributed by atoms with Crippen LogP contribution in [0.25, 0.3) is 0 Å². The van der Waals surface area contributed by atoms with Gasteiger partial charge in [-0.2, -0.15) is 4.99 Å². The molecule has 0 aliphatic rings. The molecule has 0 radical (unpaired) electrons. The van der Waals surface area contributed by atoms with Crippen molar-refractivity contribution >= 4 is 12.0 Å². The minimum Gasteiger partial charge on any atom is -0.480 e. The highest BCUT2D eigenvalue weighted by molar-refractivity contribution is 5.70. The third-order valence-electron chi connectivity index (χ3n) is 2.67. The Balaban J connectivity index is 0.000000270. The van der Waals surface area contributed by atoms with Crippen LogP contribution in [-0.2, 0) is 22.4 Å². The van der Waals surface area contributed by atoms with Crippen molar-refractivity contribution in [2.75, 3.05) is 6.54 Å². The summed E-state index contributed by atoms with van der Waals surface area (Å²) in [5.41, 5.74) is 2.83. The maximum absolute atomic E-state index is 9.49. The number of carbonyl (C=O) groups excluding carboxylic acids is 1. The first kappa shape index (κ1) is 16.3. The van der Waals surface area contributed by atoms with E-state index in [9.17, 15) is 4.79 Å². The topological polar surface area (TPSA) is 66.7 Å². The van der Waals surface area contributed by atoms with Crippen molar-refractivity contribution in [3.63, 3.8) is 0 Å². The number of aliphatic carboxylic acids is 1.